The first kappa shape index (κ1) is 16.3. The van der Waals surface area contributed by atoms with Gasteiger partial charge in [0.2, 0.25) is 5.91 Å². The maximum absolute atomic E-state index is 12.7. The van der Waals surface area contributed by atoms with Crippen LogP contribution in [0.5, 0.6) is 0 Å². The van der Waals surface area contributed by atoms with Gasteiger partial charge in [0.15, 0.2) is 0 Å². The predicted octanol–water partition coefficient (Wildman–Crippen LogP) is 3.98. The number of carbonyl (C=O) groups is 1. The van der Waals surface area contributed by atoms with Crippen LogP contribution in [0.15, 0.2) is 24.3 Å². The van der Waals surface area contributed by atoms with Gasteiger partial charge in [-0.25, -0.2) is 0 Å². The Hall–Kier alpha value is -1.06. The number of halogens is 1. The van der Waals surface area contributed by atoms with Gasteiger partial charge in [0, 0.05) is 11.1 Å². The summed E-state index contributed by atoms with van der Waals surface area (Å²) in [4.78, 5) is 14.8. The Kier molecular flexibility index (Phi) is 5.28. The van der Waals surface area contributed by atoms with Gasteiger partial charge in [-0.15, -0.1) is 0 Å². The van der Waals surface area contributed by atoms with E-state index < -0.39 is 0 Å². The fourth-order valence-corrected chi connectivity index (χ4v) is 3.42. The van der Waals surface area contributed by atoms with E-state index in [-0.39, 0.29) is 24.2 Å². The van der Waals surface area contributed by atoms with Gasteiger partial charge < -0.3 is 4.90 Å². The summed E-state index contributed by atoms with van der Waals surface area (Å²) in [6.45, 7) is 8.54. The average Bonchev–Trinajstić information content (AvgIpc) is 2.77. The highest BCUT2D eigenvalue weighted by molar-refractivity contribution is 6.30. The van der Waals surface area contributed by atoms with E-state index >= 15 is 0 Å². The molecule has 3 nitrogen and oxygen atoms in total. The minimum Gasteiger partial charge on any atom is -0.318 e. The third-order valence-corrected chi connectivity index (χ3v) is 4.54. The Morgan fingerprint density at radius 3 is 2.57 bits per heavy atom. The maximum atomic E-state index is 12.7. The SMILES string of the molecule is CCC1NC(c2cccc(Cl)c2)N(C(CC)C(C)C)C1=O. The van der Waals surface area contributed by atoms with Crippen molar-refractivity contribution in [2.45, 2.75) is 58.8 Å². The van der Waals surface area contributed by atoms with Gasteiger partial charge >= 0.3 is 0 Å². The second-order valence-electron chi connectivity index (χ2n) is 6.05. The lowest BCUT2D eigenvalue weighted by atomic mass is 9.98. The zero-order chi connectivity index (χ0) is 15.6. The molecule has 4 heteroatoms. The Bertz CT molecular complexity index is 503. The fraction of sp³-hybridized carbons (Fsp3) is 0.588. The lowest BCUT2D eigenvalue weighted by Crippen LogP contribution is -2.42. The van der Waals surface area contributed by atoms with Crippen LogP contribution in [0.3, 0.4) is 0 Å². The maximum Gasteiger partial charge on any atom is 0.241 e. The molecule has 1 fully saturated rings. The molecule has 1 saturated heterocycles. The monoisotopic (exact) mass is 308 g/mol. The number of nitrogens with zero attached hydrogens (tertiary/aromatic N) is 1. The molecule has 1 N–H and O–H groups in total. The van der Waals surface area contributed by atoms with Crippen LogP contribution in [-0.4, -0.2) is 22.9 Å². The van der Waals surface area contributed by atoms with Gasteiger partial charge in [0.1, 0.15) is 6.17 Å². The molecule has 1 aromatic rings. The van der Waals surface area contributed by atoms with Gasteiger partial charge in [-0.05, 0) is 36.5 Å². The molecule has 3 atom stereocenters. The van der Waals surface area contributed by atoms with Crippen molar-refractivity contribution in [3.05, 3.63) is 34.9 Å². The third kappa shape index (κ3) is 3.24. The van der Waals surface area contributed by atoms with E-state index in [2.05, 4.69) is 26.1 Å². The van der Waals surface area contributed by atoms with Gasteiger partial charge in [0.05, 0.1) is 6.04 Å². The first-order valence-corrected chi connectivity index (χ1v) is 8.21. The van der Waals surface area contributed by atoms with Crippen LogP contribution >= 0.6 is 11.6 Å². The first-order chi connectivity index (χ1) is 9.99. The van der Waals surface area contributed by atoms with Crippen molar-refractivity contribution < 1.29 is 4.79 Å². The fourth-order valence-electron chi connectivity index (χ4n) is 3.22. The summed E-state index contributed by atoms with van der Waals surface area (Å²) < 4.78 is 0. The van der Waals surface area contributed by atoms with Crippen molar-refractivity contribution in [2.24, 2.45) is 5.92 Å². The molecule has 3 unspecified atom stereocenters. The summed E-state index contributed by atoms with van der Waals surface area (Å²) in [7, 11) is 0. The van der Waals surface area contributed by atoms with Crippen molar-refractivity contribution in [1.29, 1.82) is 0 Å². The summed E-state index contributed by atoms with van der Waals surface area (Å²) in [5, 5.41) is 4.18. The van der Waals surface area contributed by atoms with Crippen LogP contribution in [0.2, 0.25) is 5.02 Å². The van der Waals surface area contributed by atoms with Crippen LogP contribution in [0, 0.1) is 5.92 Å². The molecule has 0 aromatic heterocycles. The van der Waals surface area contributed by atoms with E-state index in [4.69, 9.17) is 11.6 Å². The van der Waals surface area contributed by atoms with Crippen LogP contribution in [-0.2, 0) is 4.79 Å². The number of hydrogen-bond acceptors (Lipinski definition) is 2. The van der Waals surface area contributed by atoms with Crippen molar-refractivity contribution in [3.8, 4) is 0 Å². The predicted molar refractivity (Wildman–Crippen MR) is 87.2 cm³/mol. The first-order valence-electron chi connectivity index (χ1n) is 7.83. The summed E-state index contributed by atoms with van der Waals surface area (Å²) in [5.74, 6) is 0.640. The molecule has 0 bridgehead atoms. The van der Waals surface area contributed by atoms with Crippen LogP contribution in [0.4, 0.5) is 0 Å². The summed E-state index contributed by atoms with van der Waals surface area (Å²) in [6, 6.07) is 7.94. The Morgan fingerprint density at radius 1 is 1.33 bits per heavy atom. The van der Waals surface area contributed by atoms with Gasteiger partial charge in [-0.3, -0.25) is 10.1 Å². The molecule has 0 spiro atoms. The van der Waals surface area contributed by atoms with Gasteiger partial charge in [-0.1, -0.05) is 51.4 Å². The standard InChI is InChI=1S/C17H25ClN2O/c1-5-14-17(21)20(15(6-2)11(3)4)16(19-14)12-8-7-9-13(18)10-12/h7-11,14-16,19H,5-6H2,1-4H3. The number of amides is 1. The summed E-state index contributed by atoms with van der Waals surface area (Å²) >= 11 is 6.12. The number of hydrogen-bond donors (Lipinski definition) is 1. The minimum atomic E-state index is -0.0956. The van der Waals surface area contributed by atoms with Crippen LogP contribution < -0.4 is 5.32 Å². The molecule has 1 aliphatic heterocycles. The number of rotatable bonds is 5. The van der Waals surface area contributed by atoms with Crippen LogP contribution in [0.25, 0.3) is 0 Å². The molecule has 2 rings (SSSR count). The Morgan fingerprint density at radius 2 is 2.05 bits per heavy atom. The summed E-state index contributed by atoms with van der Waals surface area (Å²) in [5.41, 5.74) is 1.06. The van der Waals surface area contributed by atoms with Crippen molar-refractivity contribution in [2.75, 3.05) is 0 Å². The molecule has 21 heavy (non-hydrogen) atoms. The molecule has 1 aliphatic rings. The van der Waals surface area contributed by atoms with E-state index in [0.717, 1.165) is 18.4 Å². The molecule has 1 amide bonds. The number of nitrogens with one attached hydrogen (secondary N) is 1. The normalized spacial score (nSPS) is 23.9. The smallest absolute Gasteiger partial charge is 0.241 e. The lowest BCUT2D eigenvalue weighted by molar-refractivity contribution is -0.133. The Balaban J connectivity index is 2.39. The van der Waals surface area contributed by atoms with Crippen LogP contribution in [0.1, 0.15) is 52.3 Å². The van der Waals surface area contributed by atoms with Crippen molar-refractivity contribution in [3.63, 3.8) is 0 Å². The molecule has 1 aromatic carbocycles. The molecule has 116 valence electrons. The molecule has 0 aliphatic carbocycles. The second-order valence-corrected chi connectivity index (χ2v) is 6.49. The minimum absolute atomic E-state index is 0.0755. The van der Waals surface area contributed by atoms with Gasteiger partial charge in [0.25, 0.3) is 0 Å². The summed E-state index contributed by atoms with van der Waals surface area (Å²) in [6.07, 6.45) is 1.69. The number of benzene rings is 1. The average molecular weight is 309 g/mol. The van der Waals surface area contributed by atoms with Gasteiger partial charge in [-0.2, -0.15) is 0 Å². The lowest BCUT2D eigenvalue weighted by Gasteiger charge is -2.35. The molecular formula is C17H25ClN2O. The van der Waals surface area contributed by atoms with E-state index in [1.165, 1.54) is 0 Å². The molecule has 1 heterocycles. The largest absolute Gasteiger partial charge is 0.318 e. The van der Waals surface area contributed by atoms with Crippen molar-refractivity contribution in [1.82, 2.24) is 10.2 Å². The molecule has 0 radical (unpaired) electrons. The topological polar surface area (TPSA) is 32.3 Å². The van der Waals surface area contributed by atoms with E-state index in [1.54, 1.807) is 0 Å². The zero-order valence-electron chi connectivity index (χ0n) is 13.3. The van der Waals surface area contributed by atoms with Crippen molar-refractivity contribution >= 4 is 17.5 Å². The third-order valence-electron chi connectivity index (χ3n) is 4.31. The quantitative estimate of drug-likeness (QED) is 0.892. The van der Waals surface area contributed by atoms with E-state index in [0.29, 0.717) is 10.9 Å². The molecule has 0 saturated carbocycles. The highest BCUT2D eigenvalue weighted by Gasteiger charge is 2.42. The Labute approximate surface area is 132 Å². The zero-order valence-corrected chi connectivity index (χ0v) is 14.0. The highest BCUT2D eigenvalue weighted by atomic mass is 35.5. The number of carbonyl (C=O) groups excluding carboxylic acids is 1. The molecular weight excluding hydrogens is 284 g/mol. The second kappa shape index (κ2) is 6.80. The van der Waals surface area contributed by atoms with E-state index in [9.17, 15) is 4.79 Å². The highest BCUT2D eigenvalue weighted by Crippen LogP contribution is 2.32. The van der Waals surface area contributed by atoms with E-state index in [1.807, 2.05) is 36.1 Å².